The number of hydrogen-bond donors (Lipinski definition) is 9. The average molecular weight is 1290 g/mol. The number of aromatic nitrogens is 8. The second kappa shape index (κ2) is 27.3. The second-order valence-corrected chi connectivity index (χ2v) is 24.8. The first-order valence-corrected chi connectivity index (χ1v) is 31.5. The van der Waals surface area contributed by atoms with Crippen molar-refractivity contribution in [1.29, 1.82) is 0 Å². The van der Waals surface area contributed by atoms with Gasteiger partial charge in [-0.3, -0.25) is 38.5 Å². The van der Waals surface area contributed by atoms with Crippen LogP contribution in [0.15, 0.2) is 86.7 Å². The first kappa shape index (κ1) is 62.8. The summed E-state index contributed by atoms with van der Waals surface area (Å²) in [6.07, 6.45) is 1.14. The molecule has 0 fully saturated rings. The molecule has 32 heteroatoms. The van der Waals surface area contributed by atoms with Crippen LogP contribution >= 0.6 is 68.0 Å². The molecular weight excluding hydrogens is 1240 g/mol. The minimum Gasteiger partial charge on any atom is -0.444 e. The number of carbonyl (C=O) groups excluding carboxylic acids is 8. The van der Waals surface area contributed by atoms with Crippen LogP contribution in [0.3, 0.4) is 0 Å². The summed E-state index contributed by atoms with van der Waals surface area (Å²) >= 11 is 6.53. The van der Waals surface area contributed by atoms with Crippen LogP contribution in [0.2, 0.25) is 0 Å². The Balaban J connectivity index is 1.10. The highest BCUT2D eigenvalue weighted by Crippen LogP contribution is 2.39. The largest absolute Gasteiger partial charge is 0.444 e. The van der Waals surface area contributed by atoms with E-state index in [4.69, 9.17) is 19.7 Å². The number of ketones is 1. The van der Waals surface area contributed by atoms with Crippen LogP contribution in [-0.2, 0) is 25.7 Å². The number of rotatable bonds is 13. The molecule has 0 aliphatic carbocycles. The zero-order valence-electron chi connectivity index (χ0n) is 47.0. The van der Waals surface area contributed by atoms with Crippen molar-refractivity contribution in [1.82, 2.24) is 77.1 Å². The molecule has 8 aromatic heterocycles. The Morgan fingerprint density at radius 1 is 0.690 bits per heavy atom. The van der Waals surface area contributed by atoms with Gasteiger partial charge >= 0.3 is 6.09 Å². The van der Waals surface area contributed by atoms with Crippen LogP contribution in [0.5, 0.6) is 0 Å². The van der Waals surface area contributed by atoms with E-state index in [1.165, 1.54) is 72.7 Å². The van der Waals surface area contributed by atoms with E-state index in [0.29, 0.717) is 32.7 Å². The highest BCUT2D eigenvalue weighted by molar-refractivity contribution is 7.15. The number of ether oxygens (including phenoxy) is 1. The number of fused-ring (bicyclic) bond motifs is 11. The van der Waals surface area contributed by atoms with Gasteiger partial charge in [0, 0.05) is 44.0 Å². The fourth-order valence-corrected chi connectivity index (χ4v) is 13.3. The third kappa shape index (κ3) is 15.1. The van der Waals surface area contributed by atoms with Gasteiger partial charge in [-0.1, -0.05) is 18.2 Å². The van der Waals surface area contributed by atoms with Gasteiger partial charge in [0.25, 0.3) is 29.5 Å². The number of thiazole rings is 6. The molecule has 9 heterocycles. The number of hydrogen-bond acceptors (Lipinski definition) is 25. The molecule has 0 aromatic carbocycles. The van der Waals surface area contributed by atoms with E-state index in [2.05, 4.69) is 62.1 Å². The van der Waals surface area contributed by atoms with Crippen LogP contribution < -0.4 is 37.2 Å². The van der Waals surface area contributed by atoms with Gasteiger partial charge in [0.15, 0.2) is 0 Å². The lowest BCUT2D eigenvalue weighted by Gasteiger charge is -2.28. The molecule has 1 aliphatic heterocycles. The molecule has 1 aliphatic rings. The summed E-state index contributed by atoms with van der Waals surface area (Å²) in [7, 11) is 0. The van der Waals surface area contributed by atoms with Crippen molar-refractivity contribution in [2.24, 2.45) is 0 Å². The van der Waals surface area contributed by atoms with E-state index in [1.54, 1.807) is 68.1 Å². The number of Topliss-reactive ketones (excluding diaryl/α,β-unsaturated/α-hetero) is 1. The van der Waals surface area contributed by atoms with Crippen LogP contribution in [-0.4, -0.2) is 128 Å². The molecule has 5 atom stereocenters. The van der Waals surface area contributed by atoms with Crippen molar-refractivity contribution < 1.29 is 53.3 Å². The van der Waals surface area contributed by atoms with Crippen molar-refractivity contribution in [3.8, 4) is 43.4 Å². The van der Waals surface area contributed by atoms with E-state index in [-0.39, 0.29) is 84.5 Å². The molecule has 9 N–H and O–H groups in total. The smallest absolute Gasteiger partial charge is 0.407 e. The van der Waals surface area contributed by atoms with Crippen LogP contribution in [0, 0.1) is 0 Å². The molecule has 0 saturated carbocycles. The Morgan fingerprint density at radius 2 is 1.30 bits per heavy atom. The molecule has 8 bridgehead atoms. The quantitative estimate of drug-likeness (QED) is 0.0578. The summed E-state index contributed by atoms with van der Waals surface area (Å²) in [6, 6.07) is 4.76. The first-order valence-electron chi connectivity index (χ1n) is 26.2. The number of carbonyl (C=O) groups is 8. The number of pyridine rings is 2. The summed E-state index contributed by atoms with van der Waals surface area (Å²) in [6.45, 7) is 10.1. The van der Waals surface area contributed by atoms with Crippen molar-refractivity contribution in [3.05, 3.63) is 130 Å². The number of allylic oxidation sites excluding steroid dienone is 2. The number of nitrogens with one attached hydrogen (secondary N) is 7. The van der Waals surface area contributed by atoms with E-state index in [9.17, 15) is 48.6 Å². The van der Waals surface area contributed by atoms with Crippen molar-refractivity contribution in [2.75, 3.05) is 6.54 Å². The van der Waals surface area contributed by atoms with Gasteiger partial charge in [-0.15, -0.1) is 68.0 Å². The molecule has 0 radical (unpaired) electrons. The fourth-order valence-electron chi connectivity index (χ4n) is 8.11. The lowest BCUT2D eigenvalue weighted by molar-refractivity contribution is -0.124. The van der Waals surface area contributed by atoms with Crippen molar-refractivity contribution >= 4 is 121 Å². The van der Waals surface area contributed by atoms with Gasteiger partial charge in [0.1, 0.15) is 106 Å². The summed E-state index contributed by atoms with van der Waals surface area (Å²) in [4.78, 5) is 144. The first-order chi connectivity index (χ1) is 41.6. The predicted octanol–water partition coefficient (Wildman–Crippen LogP) is 6.22. The zero-order valence-corrected chi connectivity index (χ0v) is 51.9. The van der Waals surface area contributed by atoms with Crippen LogP contribution in [0.25, 0.3) is 49.1 Å². The highest BCUT2D eigenvalue weighted by atomic mass is 32.1. The Morgan fingerprint density at radius 3 is 1.99 bits per heavy atom. The van der Waals surface area contributed by atoms with Gasteiger partial charge < -0.3 is 52.2 Å². The predicted molar refractivity (Wildman–Crippen MR) is 326 cm³/mol. The van der Waals surface area contributed by atoms with Gasteiger partial charge in [-0.2, -0.15) is 0 Å². The van der Waals surface area contributed by atoms with Gasteiger partial charge in [0.05, 0.1) is 41.9 Å². The molecule has 450 valence electrons. The Kier molecular flexibility index (Phi) is 19.7. The summed E-state index contributed by atoms with van der Waals surface area (Å²) in [5.74, 6) is -4.65. The minimum absolute atomic E-state index is 0.00602. The normalized spacial score (nSPS) is 17.2. The standard InChI is InChI=1S/C55H53N15O11S6/c1-8-29(42(73)57-16-24(3)71)60-43(74)33-20-84-51(65-33)37-23-85-50(67-37)31-14-13-28-40(59-31)32-18-86-52(62-32)39(26(5)81-54(79)58-17-27-12-10-11-15-56-27)69-45(76)35-22-87-53(66-35)41(55(6,7)80)70-46(77)36-21-83-49(64-36)30(9-2)61-47(78)38(25(4)72)68-44(75)34-19-82-48(28)63-34/h8-15,18-23,25-26,38-39,41,72,80H,16-17H2,1-7H3,(H,57,73)(H,58,79)(H,60,74)(H,61,78)(H,68,75)(H,69,76)(H,70,77)/b29-8-,30-9-. The Hall–Kier alpha value is -8.76. The number of aliphatic hydroxyl groups excluding tert-OH is 1. The molecule has 0 saturated heterocycles. The summed E-state index contributed by atoms with van der Waals surface area (Å²) in [5.41, 5.74) is 0.328. The van der Waals surface area contributed by atoms with Crippen LogP contribution in [0.1, 0.15) is 123 Å². The lowest BCUT2D eigenvalue weighted by Crippen LogP contribution is -2.52. The number of nitrogens with zero attached hydrogens (tertiary/aromatic N) is 8. The fraction of sp³-hybridized carbons (Fsp3) is 0.273. The van der Waals surface area contributed by atoms with E-state index in [0.717, 1.165) is 56.7 Å². The molecule has 8 aromatic rings. The summed E-state index contributed by atoms with van der Waals surface area (Å²) in [5, 5.41) is 51.9. The maximum atomic E-state index is 14.5. The topological polar surface area (TPSA) is 374 Å². The van der Waals surface area contributed by atoms with Crippen molar-refractivity contribution in [3.63, 3.8) is 0 Å². The molecule has 9 rings (SSSR count). The number of aliphatic hydroxyl groups is 2. The van der Waals surface area contributed by atoms with Gasteiger partial charge in [-0.25, -0.2) is 39.7 Å². The average Bonchev–Trinajstić information content (AvgIpc) is 1.95. The Labute approximate surface area is 519 Å². The van der Waals surface area contributed by atoms with Gasteiger partial charge in [0.2, 0.25) is 5.91 Å². The monoisotopic (exact) mass is 1290 g/mol. The van der Waals surface area contributed by atoms with E-state index >= 15 is 0 Å². The third-order valence-corrected chi connectivity index (χ3v) is 17.9. The molecular formula is C55H53N15O11S6. The van der Waals surface area contributed by atoms with E-state index < -0.39 is 77.5 Å². The number of alkyl carbamates (subject to hydrolysis) is 1. The van der Waals surface area contributed by atoms with E-state index in [1.807, 2.05) is 0 Å². The maximum absolute atomic E-state index is 14.5. The van der Waals surface area contributed by atoms with Crippen LogP contribution in [0.4, 0.5) is 4.79 Å². The Bertz CT molecular complexity index is 3990. The molecule has 0 spiro atoms. The number of amides is 7. The lowest BCUT2D eigenvalue weighted by atomic mass is 9.99. The van der Waals surface area contributed by atoms with Crippen molar-refractivity contribution in [2.45, 2.75) is 90.9 Å². The SMILES string of the molecule is C/C=C(\NC(=O)c1csc(-c2csc(-c3ccc4c(n3)-c3csc(n3)C(C(C)OC(=O)NCc3ccccn3)NC(=O)c3csc(n3)C(C(C)(C)O)NC(=O)c3csc(n3)/C(=C/C)NC(=O)C(C(C)O)NC(=O)c3csc-4n3)n2)n1)C(=O)NCC(C)=O. The molecule has 87 heavy (non-hydrogen) atoms. The molecule has 5 unspecified atom stereocenters. The third-order valence-electron chi connectivity index (χ3n) is 12.6. The minimum atomic E-state index is -1.65. The summed E-state index contributed by atoms with van der Waals surface area (Å²) < 4.78 is 5.89. The van der Waals surface area contributed by atoms with Gasteiger partial charge in [-0.05, 0) is 72.7 Å². The molecule has 7 amide bonds. The second-order valence-electron chi connectivity index (χ2n) is 19.6. The maximum Gasteiger partial charge on any atom is 0.407 e. The highest BCUT2D eigenvalue weighted by Gasteiger charge is 2.36. The zero-order chi connectivity index (χ0) is 62.3. The molecule has 26 nitrogen and oxygen atoms in total.